The van der Waals surface area contributed by atoms with E-state index < -0.39 is 58.5 Å². The van der Waals surface area contributed by atoms with Gasteiger partial charge in [-0.1, -0.05) is 0 Å². The van der Waals surface area contributed by atoms with Crippen molar-refractivity contribution in [2.45, 2.75) is 36.6 Å². The Hall–Kier alpha value is -2.22. The predicted octanol–water partition coefficient (Wildman–Crippen LogP) is -0.0756. The molecule has 0 spiro atoms. The van der Waals surface area contributed by atoms with Crippen LogP contribution in [0.15, 0.2) is 10.2 Å². The van der Waals surface area contributed by atoms with Crippen molar-refractivity contribution in [3.05, 3.63) is 0 Å². The van der Waals surface area contributed by atoms with Crippen molar-refractivity contribution in [3.8, 4) is 0 Å². The van der Waals surface area contributed by atoms with Crippen molar-refractivity contribution >= 4 is 24.2 Å². The molecule has 0 saturated carbocycles. The topological polar surface area (TPSA) is 106 Å². The smallest absolute Gasteiger partial charge is 0.362 e. The molecule has 0 radical (unpaired) electrons. The normalized spacial score (nSPS) is 30.3. The Bertz CT molecular complexity index is 578. The number of alkyl halides is 6. The average Bonchev–Trinajstić information content (AvgIpc) is 3.01. The molecule has 8 nitrogen and oxygen atoms in total. The van der Waals surface area contributed by atoms with E-state index in [1.165, 1.54) is 0 Å². The molecule has 0 aromatic rings. The Morgan fingerprint density at radius 3 is 1.38 bits per heavy atom. The summed E-state index contributed by atoms with van der Waals surface area (Å²) in [5.41, 5.74) is -7.78. The zero-order valence-electron chi connectivity index (χ0n) is 11.3. The highest BCUT2D eigenvalue weighted by Gasteiger charge is 2.66. The second-order valence-corrected chi connectivity index (χ2v) is 4.87. The molecule has 0 saturated heterocycles. The summed E-state index contributed by atoms with van der Waals surface area (Å²) in [5, 5.41) is 23.4. The largest absolute Gasteiger partial charge is 0.438 e. The Labute approximate surface area is 128 Å². The number of halogens is 6. The van der Waals surface area contributed by atoms with E-state index in [1.807, 2.05) is 0 Å². The summed E-state index contributed by atoms with van der Waals surface area (Å²) in [7, 11) is 0. The molecule has 2 aliphatic heterocycles. The molecule has 2 unspecified atom stereocenters. The van der Waals surface area contributed by atoms with Gasteiger partial charge in [0.15, 0.2) is 0 Å². The predicted molar refractivity (Wildman–Crippen MR) is 61.9 cm³/mol. The third-order valence-electron chi connectivity index (χ3n) is 3.32. The summed E-state index contributed by atoms with van der Waals surface area (Å²) < 4.78 is 77.0. The van der Waals surface area contributed by atoms with Crippen molar-refractivity contribution in [2.24, 2.45) is 10.2 Å². The molecular formula is C10H8F6N4O4. The van der Waals surface area contributed by atoms with Gasteiger partial charge in [-0.2, -0.15) is 46.6 Å². The van der Waals surface area contributed by atoms with E-state index in [2.05, 4.69) is 10.2 Å². The minimum Gasteiger partial charge on any atom is -0.362 e. The molecule has 2 atom stereocenters. The highest BCUT2D eigenvalue weighted by Crippen LogP contribution is 2.41. The van der Waals surface area contributed by atoms with E-state index in [0.717, 1.165) is 0 Å². The molecule has 0 aromatic carbocycles. The molecule has 14 heteroatoms. The first-order chi connectivity index (χ1) is 10.8. The van der Waals surface area contributed by atoms with Crippen LogP contribution in [-0.4, -0.2) is 68.3 Å². The van der Waals surface area contributed by atoms with Crippen LogP contribution < -0.4 is 0 Å². The lowest BCUT2D eigenvalue weighted by Gasteiger charge is -2.35. The van der Waals surface area contributed by atoms with Gasteiger partial charge in [0, 0.05) is 25.3 Å². The van der Waals surface area contributed by atoms with Crippen LogP contribution in [0.5, 0.6) is 0 Å². The molecule has 2 heterocycles. The number of rotatable bonds is 0. The van der Waals surface area contributed by atoms with Crippen LogP contribution in [0.4, 0.5) is 26.3 Å². The van der Waals surface area contributed by atoms with E-state index in [9.17, 15) is 46.1 Å². The maximum Gasteiger partial charge on any atom is 0.438 e. The first-order valence-electron chi connectivity index (χ1n) is 6.07. The lowest BCUT2D eigenvalue weighted by atomic mass is 10.1. The maximum atomic E-state index is 12.8. The Morgan fingerprint density at radius 1 is 0.833 bits per heavy atom. The van der Waals surface area contributed by atoms with Crippen molar-refractivity contribution in [1.82, 2.24) is 10.0 Å². The van der Waals surface area contributed by atoms with Crippen LogP contribution in [0.1, 0.15) is 12.8 Å². The van der Waals surface area contributed by atoms with Gasteiger partial charge in [-0.25, -0.2) is 0 Å². The fourth-order valence-electron chi connectivity index (χ4n) is 1.96. The average molecular weight is 362 g/mol. The van der Waals surface area contributed by atoms with Gasteiger partial charge < -0.3 is 10.2 Å². The molecule has 134 valence electrons. The van der Waals surface area contributed by atoms with Crippen molar-refractivity contribution in [1.29, 1.82) is 0 Å². The lowest BCUT2D eigenvalue weighted by molar-refractivity contribution is -0.307. The standard InChI is InChI=1S/C10H8F6N4O4/c11-9(12,13)7(23)1-3-17-19(7)5(21)6(22)20-8(24,2-4-18-20)10(14,15)16/h3-4,23-24H,1-2H2. The summed E-state index contributed by atoms with van der Waals surface area (Å²) in [6, 6.07) is 0. The van der Waals surface area contributed by atoms with Gasteiger partial charge in [0.05, 0.1) is 0 Å². The number of carbonyl (C=O) groups excluding carboxylic acids is 2. The number of hydrazone groups is 2. The van der Waals surface area contributed by atoms with Gasteiger partial charge in [-0.05, 0) is 0 Å². The molecule has 0 fully saturated rings. The maximum absolute atomic E-state index is 12.8. The van der Waals surface area contributed by atoms with Crippen LogP contribution in [0, 0.1) is 0 Å². The molecule has 0 aliphatic carbocycles. The molecule has 2 rings (SSSR count). The minimum absolute atomic E-state index is 0.460. The molecule has 0 bridgehead atoms. The van der Waals surface area contributed by atoms with Gasteiger partial charge in [0.2, 0.25) is 0 Å². The van der Waals surface area contributed by atoms with E-state index >= 15 is 0 Å². The number of hydrogen-bond acceptors (Lipinski definition) is 6. The van der Waals surface area contributed by atoms with Crippen LogP contribution in [0.3, 0.4) is 0 Å². The number of hydrogen-bond donors (Lipinski definition) is 2. The Kier molecular flexibility index (Phi) is 3.88. The van der Waals surface area contributed by atoms with Crippen molar-refractivity contribution in [3.63, 3.8) is 0 Å². The second-order valence-electron chi connectivity index (χ2n) is 4.87. The van der Waals surface area contributed by atoms with Crippen LogP contribution in [0.2, 0.25) is 0 Å². The summed E-state index contributed by atoms with van der Waals surface area (Å²) in [6.07, 6.45) is -12.4. The fourth-order valence-corrected chi connectivity index (χ4v) is 1.96. The van der Waals surface area contributed by atoms with E-state index in [4.69, 9.17) is 0 Å². The van der Waals surface area contributed by atoms with Crippen LogP contribution >= 0.6 is 0 Å². The molecule has 2 N–H and O–H groups in total. The summed E-state index contributed by atoms with van der Waals surface area (Å²) in [5.74, 6) is -4.49. The zero-order chi connectivity index (χ0) is 18.6. The van der Waals surface area contributed by atoms with E-state index in [-0.39, 0.29) is 0 Å². The van der Waals surface area contributed by atoms with Crippen LogP contribution in [0.25, 0.3) is 0 Å². The fraction of sp³-hybridized carbons (Fsp3) is 0.600. The Balaban J connectivity index is 2.32. The van der Waals surface area contributed by atoms with Crippen molar-refractivity contribution < 1.29 is 46.1 Å². The number of aliphatic hydroxyl groups is 2. The SMILES string of the molecule is O=C(C(=O)N1N=CCC1(O)C(F)(F)F)N1N=CCC1(O)C(F)(F)F. The van der Waals surface area contributed by atoms with E-state index in [1.54, 1.807) is 0 Å². The van der Waals surface area contributed by atoms with Crippen molar-refractivity contribution in [2.75, 3.05) is 0 Å². The first-order valence-corrected chi connectivity index (χ1v) is 6.07. The summed E-state index contributed by atoms with van der Waals surface area (Å²) >= 11 is 0. The zero-order valence-corrected chi connectivity index (χ0v) is 11.3. The number of nitrogens with zero attached hydrogens (tertiary/aromatic N) is 4. The van der Waals surface area contributed by atoms with Gasteiger partial charge in [-0.15, -0.1) is 0 Å². The van der Waals surface area contributed by atoms with Gasteiger partial charge in [-0.3, -0.25) is 9.59 Å². The minimum atomic E-state index is -5.44. The van der Waals surface area contributed by atoms with Crippen LogP contribution in [-0.2, 0) is 9.59 Å². The molecule has 24 heavy (non-hydrogen) atoms. The summed E-state index contributed by atoms with van der Waals surface area (Å²) in [6.45, 7) is 0. The number of amides is 2. The molecule has 2 aliphatic rings. The van der Waals surface area contributed by atoms with Gasteiger partial charge >= 0.3 is 24.2 Å². The second kappa shape index (κ2) is 5.14. The third kappa shape index (κ3) is 2.41. The first kappa shape index (κ1) is 18.1. The van der Waals surface area contributed by atoms with Gasteiger partial charge in [0.25, 0.3) is 11.4 Å². The summed E-state index contributed by atoms with van der Waals surface area (Å²) in [4.78, 5) is 23.6. The van der Waals surface area contributed by atoms with Gasteiger partial charge in [0.1, 0.15) is 0 Å². The molecule has 0 aromatic heterocycles. The Morgan fingerprint density at radius 2 is 1.12 bits per heavy atom. The number of carbonyl (C=O) groups is 2. The molecular weight excluding hydrogens is 354 g/mol. The highest BCUT2D eigenvalue weighted by atomic mass is 19.4. The monoisotopic (exact) mass is 362 g/mol. The van der Waals surface area contributed by atoms with E-state index in [0.29, 0.717) is 12.4 Å². The highest BCUT2D eigenvalue weighted by molar-refractivity contribution is 6.35. The molecule has 2 amide bonds. The quantitative estimate of drug-likeness (QED) is 0.465. The third-order valence-corrected chi connectivity index (χ3v) is 3.32. The lowest BCUT2D eigenvalue weighted by Crippen LogP contribution is -2.62.